The number of nitrogens with zero attached hydrogens (tertiary/aromatic N) is 2. The molecule has 0 saturated carbocycles. The van der Waals surface area contributed by atoms with Crippen LogP contribution >= 0.6 is 0 Å². The summed E-state index contributed by atoms with van der Waals surface area (Å²) in [6, 6.07) is 17.2. The molecule has 4 aromatic heterocycles. The van der Waals surface area contributed by atoms with Crippen LogP contribution in [0.2, 0.25) is 0 Å². The summed E-state index contributed by atoms with van der Waals surface area (Å²) < 4.78 is 4.30. The molecule has 0 radical (unpaired) electrons. The van der Waals surface area contributed by atoms with Gasteiger partial charge in [-0.2, -0.15) is 0 Å². The molecule has 0 unspecified atom stereocenters. The van der Waals surface area contributed by atoms with E-state index in [9.17, 15) is 0 Å². The van der Waals surface area contributed by atoms with Crippen molar-refractivity contribution < 1.29 is 0 Å². The lowest BCUT2D eigenvalue weighted by Gasteiger charge is -2.18. The molecular weight excluding hydrogens is 328 g/mol. The minimum atomic E-state index is 0. The molecule has 0 saturated heterocycles. The maximum atomic E-state index is 2.25. The highest BCUT2D eigenvalue weighted by Crippen LogP contribution is 2.23. The second-order valence-corrected chi connectivity index (χ2v) is 9.01. The van der Waals surface area contributed by atoms with E-state index in [0.717, 1.165) is 0 Å². The van der Waals surface area contributed by atoms with Crippen molar-refractivity contribution in [3.63, 3.8) is 0 Å². The van der Waals surface area contributed by atoms with Gasteiger partial charge in [0, 0.05) is 35.8 Å². The Balaban J connectivity index is 0.000000187. The minimum Gasteiger partial charge on any atom is -0.324 e. The first kappa shape index (κ1) is 20.8. The Hall–Kier alpha value is -2.48. The molecule has 144 valence electrons. The Labute approximate surface area is 164 Å². The molecule has 4 heterocycles. The fraction of sp³-hybridized carbons (Fsp3) is 0.360. The van der Waals surface area contributed by atoms with Crippen LogP contribution in [0.5, 0.6) is 0 Å². The topological polar surface area (TPSA) is 8.82 Å². The largest absolute Gasteiger partial charge is 0.324 e. The first-order valence-corrected chi connectivity index (χ1v) is 9.29. The molecule has 0 atom stereocenters. The van der Waals surface area contributed by atoms with E-state index in [2.05, 4.69) is 124 Å². The maximum absolute atomic E-state index is 2.25. The molecule has 2 nitrogen and oxygen atoms in total. The maximum Gasteiger partial charge on any atom is 0.0452 e. The molecule has 0 fully saturated rings. The van der Waals surface area contributed by atoms with E-state index in [1.165, 1.54) is 22.2 Å². The summed E-state index contributed by atoms with van der Waals surface area (Å²) in [5.41, 5.74) is 5.76. The molecule has 0 bridgehead atoms. The van der Waals surface area contributed by atoms with Gasteiger partial charge in [0.05, 0.1) is 0 Å². The number of aromatic nitrogens is 2. The predicted octanol–water partition coefficient (Wildman–Crippen LogP) is 7.11. The zero-order valence-electron chi connectivity index (χ0n) is 16.8. The second kappa shape index (κ2) is 7.64. The Morgan fingerprint density at radius 1 is 0.593 bits per heavy atom. The highest BCUT2D eigenvalue weighted by Gasteiger charge is 2.14. The zero-order valence-corrected chi connectivity index (χ0v) is 16.8. The Kier molecular flexibility index (Phi) is 5.89. The number of pyridine rings is 2. The highest BCUT2D eigenvalue weighted by atomic mass is 14.9. The molecule has 0 amide bonds. The molecule has 0 aliphatic heterocycles. The molecule has 27 heavy (non-hydrogen) atoms. The van der Waals surface area contributed by atoms with E-state index in [4.69, 9.17) is 0 Å². The van der Waals surface area contributed by atoms with Gasteiger partial charge in [0.2, 0.25) is 0 Å². The first-order chi connectivity index (χ1) is 12.1. The normalized spacial score (nSPS) is 11.8. The van der Waals surface area contributed by atoms with Crippen molar-refractivity contribution in [3.8, 4) is 0 Å². The SMILES string of the molecule is C.CC(C)(C)c1ccc2cccn2c1.CC(C)(C)c1ccn2cccc2c1. The van der Waals surface area contributed by atoms with Crippen molar-refractivity contribution in [3.05, 3.63) is 84.4 Å². The van der Waals surface area contributed by atoms with Gasteiger partial charge in [-0.25, -0.2) is 0 Å². The first-order valence-electron chi connectivity index (χ1n) is 9.29. The lowest BCUT2D eigenvalue weighted by molar-refractivity contribution is 0.586. The zero-order chi connectivity index (χ0) is 18.9. The predicted molar refractivity (Wildman–Crippen MR) is 119 cm³/mol. The van der Waals surface area contributed by atoms with Gasteiger partial charge in [0.1, 0.15) is 0 Å². The van der Waals surface area contributed by atoms with Gasteiger partial charge in [-0.3, -0.25) is 0 Å². The number of hydrogen-bond donors (Lipinski definition) is 0. The monoisotopic (exact) mass is 362 g/mol. The Morgan fingerprint density at radius 2 is 1.19 bits per heavy atom. The standard InChI is InChI=1S/2C12H15N.CH4/c1-12(2,3)10-6-7-11-5-4-8-13(11)9-10;1-12(2,3)10-6-8-13-7-4-5-11(13)9-10;/h2*4-9H,1-3H3;1H4. The lowest BCUT2D eigenvalue weighted by Crippen LogP contribution is -2.11. The number of hydrogen-bond acceptors (Lipinski definition) is 0. The van der Waals surface area contributed by atoms with Crippen molar-refractivity contribution >= 4 is 11.0 Å². The van der Waals surface area contributed by atoms with Gasteiger partial charge >= 0.3 is 0 Å². The summed E-state index contributed by atoms with van der Waals surface area (Å²) in [4.78, 5) is 0. The average molecular weight is 363 g/mol. The van der Waals surface area contributed by atoms with Crippen LogP contribution in [0.1, 0.15) is 60.1 Å². The van der Waals surface area contributed by atoms with Crippen molar-refractivity contribution in [2.45, 2.75) is 59.8 Å². The van der Waals surface area contributed by atoms with Crippen LogP contribution in [0.4, 0.5) is 0 Å². The smallest absolute Gasteiger partial charge is 0.0452 e. The van der Waals surface area contributed by atoms with E-state index in [1.807, 2.05) is 0 Å². The minimum absolute atomic E-state index is 0. The number of fused-ring (bicyclic) bond motifs is 2. The van der Waals surface area contributed by atoms with Crippen molar-refractivity contribution in [1.82, 2.24) is 8.80 Å². The molecule has 4 aromatic rings. The summed E-state index contributed by atoms with van der Waals surface area (Å²) in [5.74, 6) is 0. The Bertz CT molecular complexity index is 920. The van der Waals surface area contributed by atoms with E-state index in [1.54, 1.807) is 0 Å². The summed E-state index contributed by atoms with van der Waals surface area (Å²) in [5, 5.41) is 0. The van der Waals surface area contributed by atoms with E-state index in [-0.39, 0.29) is 18.3 Å². The summed E-state index contributed by atoms with van der Waals surface area (Å²) in [6.45, 7) is 13.4. The molecule has 0 N–H and O–H groups in total. The third-order valence-electron chi connectivity index (χ3n) is 4.79. The molecule has 2 heteroatoms. The molecule has 0 aliphatic carbocycles. The van der Waals surface area contributed by atoms with Crippen molar-refractivity contribution in [2.24, 2.45) is 0 Å². The molecular formula is C25H34N2. The third-order valence-corrected chi connectivity index (χ3v) is 4.79. The fourth-order valence-corrected chi connectivity index (χ4v) is 2.98. The second-order valence-electron chi connectivity index (χ2n) is 9.01. The van der Waals surface area contributed by atoms with Gasteiger partial charge < -0.3 is 8.80 Å². The lowest BCUT2D eigenvalue weighted by atomic mass is 9.88. The fourth-order valence-electron chi connectivity index (χ4n) is 2.98. The summed E-state index contributed by atoms with van der Waals surface area (Å²) >= 11 is 0. The van der Waals surface area contributed by atoms with Crippen LogP contribution in [0, 0.1) is 0 Å². The van der Waals surface area contributed by atoms with Crippen molar-refractivity contribution in [2.75, 3.05) is 0 Å². The van der Waals surface area contributed by atoms with Gasteiger partial charge in [-0.15, -0.1) is 0 Å². The molecule has 4 rings (SSSR count). The third kappa shape index (κ3) is 4.82. The Morgan fingerprint density at radius 3 is 1.81 bits per heavy atom. The highest BCUT2D eigenvalue weighted by molar-refractivity contribution is 5.51. The average Bonchev–Trinajstić information content (AvgIpc) is 3.21. The van der Waals surface area contributed by atoms with Crippen LogP contribution in [-0.4, -0.2) is 8.80 Å². The van der Waals surface area contributed by atoms with Gasteiger partial charge in [0.15, 0.2) is 0 Å². The van der Waals surface area contributed by atoms with Crippen LogP contribution < -0.4 is 0 Å². The van der Waals surface area contributed by atoms with Gasteiger partial charge in [0.25, 0.3) is 0 Å². The van der Waals surface area contributed by atoms with Crippen LogP contribution in [-0.2, 0) is 10.8 Å². The van der Waals surface area contributed by atoms with Gasteiger partial charge in [-0.1, -0.05) is 55.0 Å². The van der Waals surface area contributed by atoms with E-state index < -0.39 is 0 Å². The van der Waals surface area contributed by atoms with Crippen LogP contribution in [0.15, 0.2) is 73.3 Å². The molecule has 0 spiro atoms. The van der Waals surface area contributed by atoms with Crippen LogP contribution in [0.3, 0.4) is 0 Å². The van der Waals surface area contributed by atoms with E-state index in [0.29, 0.717) is 0 Å². The van der Waals surface area contributed by atoms with E-state index >= 15 is 0 Å². The quantitative estimate of drug-likeness (QED) is 0.315. The molecule has 0 aliphatic rings. The summed E-state index contributed by atoms with van der Waals surface area (Å²) in [6.07, 6.45) is 8.48. The molecule has 0 aromatic carbocycles. The van der Waals surface area contributed by atoms with Gasteiger partial charge in [-0.05, 0) is 64.4 Å². The van der Waals surface area contributed by atoms with Crippen molar-refractivity contribution in [1.29, 1.82) is 0 Å². The number of rotatable bonds is 0. The summed E-state index contributed by atoms with van der Waals surface area (Å²) in [7, 11) is 0. The van der Waals surface area contributed by atoms with Crippen LogP contribution in [0.25, 0.3) is 11.0 Å².